The Morgan fingerprint density at radius 1 is 1.26 bits per heavy atom. The summed E-state index contributed by atoms with van der Waals surface area (Å²) < 4.78 is 0. The summed E-state index contributed by atoms with van der Waals surface area (Å²) in [6.07, 6.45) is 1.88. The number of nitrogens with one attached hydrogen (secondary N) is 2. The van der Waals surface area contributed by atoms with Gasteiger partial charge in [-0.2, -0.15) is 0 Å². The molecule has 0 spiro atoms. The molecule has 0 fully saturated rings. The van der Waals surface area contributed by atoms with Crippen LogP contribution in [-0.2, 0) is 6.54 Å². The number of likely N-dealkylation sites (N-methyl/N-ethyl adjacent to an activating group) is 1. The third-order valence-corrected chi connectivity index (χ3v) is 3.22. The molecule has 0 saturated carbocycles. The molecule has 1 aromatic carbocycles. The highest BCUT2D eigenvalue weighted by atomic mass is 15.1. The Balaban J connectivity index is 1.91. The van der Waals surface area contributed by atoms with Crippen LogP contribution in [0.1, 0.15) is 23.1 Å². The summed E-state index contributed by atoms with van der Waals surface area (Å²) in [5.74, 6) is 0.962. The number of rotatable bonds is 6. The molecule has 4 nitrogen and oxygen atoms in total. The maximum Gasteiger partial charge on any atom is 0.103 e. The topological polar surface area (TPSA) is 44.0 Å². The molecular weight excluding hydrogens is 236 g/mol. The molecule has 0 amide bonds. The van der Waals surface area contributed by atoms with E-state index in [0.29, 0.717) is 6.04 Å². The number of aromatic amines is 1. The molecule has 2 aromatic rings. The summed E-state index contributed by atoms with van der Waals surface area (Å²) in [7, 11) is 4.22. The molecule has 0 aliphatic carbocycles. The van der Waals surface area contributed by atoms with Crippen LogP contribution in [0.3, 0.4) is 0 Å². The van der Waals surface area contributed by atoms with Crippen LogP contribution < -0.4 is 5.32 Å². The van der Waals surface area contributed by atoms with Gasteiger partial charge in [-0.3, -0.25) is 0 Å². The Bertz CT molecular complexity index is 490. The number of hydrogen-bond donors (Lipinski definition) is 2. The minimum Gasteiger partial charge on any atom is -0.345 e. The van der Waals surface area contributed by atoms with E-state index in [2.05, 4.69) is 64.6 Å². The van der Waals surface area contributed by atoms with Crippen LogP contribution in [0.5, 0.6) is 0 Å². The first-order valence-electron chi connectivity index (χ1n) is 6.59. The van der Waals surface area contributed by atoms with Crippen molar-refractivity contribution >= 4 is 0 Å². The van der Waals surface area contributed by atoms with Crippen molar-refractivity contribution in [2.24, 2.45) is 0 Å². The van der Waals surface area contributed by atoms with Crippen LogP contribution in [0.15, 0.2) is 36.5 Å². The molecule has 2 N–H and O–H groups in total. The fraction of sp³-hybridized carbons (Fsp3) is 0.400. The second-order valence-corrected chi connectivity index (χ2v) is 5.01. The third kappa shape index (κ3) is 3.91. The number of nitrogens with zero attached hydrogens (tertiary/aromatic N) is 2. The summed E-state index contributed by atoms with van der Waals surface area (Å²) in [4.78, 5) is 9.67. The minimum atomic E-state index is 0.380. The molecule has 2 rings (SSSR count). The standard InChI is InChI=1S/C15H22N4/c1-12-17-10-14(18-12)9-16-11-15(19(2)3)13-7-5-4-6-8-13/h4-8,10,15-16H,9,11H2,1-3H3,(H,17,18). The van der Waals surface area contributed by atoms with E-state index >= 15 is 0 Å². The van der Waals surface area contributed by atoms with E-state index in [9.17, 15) is 0 Å². The predicted molar refractivity (Wildman–Crippen MR) is 77.9 cm³/mol. The van der Waals surface area contributed by atoms with Gasteiger partial charge in [0.25, 0.3) is 0 Å². The fourth-order valence-electron chi connectivity index (χ4n) is 2.18. The van der Waals surface area contributed by atoms with Crippen LogP contribution >= 0.6 is 0 Å². The maximum absolute atomic E-state index is 4.20. The molecule has 0 radical (unpaired) electrons. The van der Waals surface area contributed by atoms with Crippen molar-refractivity contribution in [1.29, 1.82) is 0 Å². The van der Waals surface area contributed by atoms with Gasteiger partial charge in [0.15, 0.2) is 0 Å². The SMILES string of the molecule is Cc1ncc(CNCC(c2ccccc2)N(C)C)[nH]1. The molecule has 4 heteroatoms. The van der Waals surface area contributed by atoms with Crippen LogP contribution in [0.25, 0.3) is 0 Å². The zero-order valence-corrected chi connectivity index (χ0v) is 11.9. The number of aromatic nitrogens is 2. The van der Waals surface area contributed by atoms with Gasteiger partial charge in [-0.05, 0) is 26.6 Å². The Morgan fingerprint density at radius 3 is 2.58 bits per heavy atom. The number of imidazole rings is 1. The van der Waals surface area contributed by atoms with E-state index < -0.39 is 0 Å². The molecule has 1 unspecified atom stereocenters. The average molecular weight is 258 g/mol. The van der Waals surface area contributed by atoms with Crippen LogP contribution in [-0.4, -0.2) is 35.5 Å². The lowest BCUT2D eigenvalue weighted by atomic mass is 10.1. The van der Waals surface area contributed by atoms with Crippen LogP contribution in [0.4, 0.5) is 0 Å². The van der Waals surface area contributed by atoms with Crippen LogP contribution in [0, 0.1) is 6.92 Å². The molecule has 0 aliphatic rings. The zero-order chi connectivity index (χ0) is 13.7. The summed E-state index contributed by atoms with van der Waals surface area (Å²) >= 11 is 0. The van der Waals surface area contributed by atoms with E-state index in [0.717, 1.165) is 24.6 Å². The van der Waals surface area contributed by atoms with Gasteiger partial charge in [-0.1, -0.05) is 30.3 Å². The highest BCUT2D eigenvalue weighted by Gasteiger charge is 2.13. The molecular formula is C15H22N4. The fourth-order valence-corrected chi connectivity index (χ4v) is 2.18. The van der Waals surface area contributed by atoms with Gasteiger partial charge in [0.2, 0.25) is 0 Å². The van der Waals surface area contributed by atoms with E-state index in [4.69, 9.17) is 0 Å². The summed E-state index contributed by atoms with van der Waals surface area (Å²) in [6, 6.07) is 11.0. The van der Waals surface area contributed by atoms with Crippen molar-refractivity contribution in [3.8, 4) is 0 Å². The van der Waals surface area contributed by atoms with Gasteiger partial charge in [0.1, 0.15) is 5.82 Å². The van der Waals surface area contributed by atoms with E-state index in [-0.39, 0.29) is 0 Å². The first kappa shape index (κ1) is 13.8. The third-order valence-electron chi connectivity index (χ3n) is 3.22. The minimum absolute atomic E-state index is 0.380. The van der Waals surface area contributed by atoms with Crippen molar-refractivity contribution in [1.82, 2.24) is 20.2 Å². The molecule has 0 bridgehead atoms. The van der Waals surface area contributed by atoms with Gasteiger partial charge in [0, 0.05) is 31.0 Å². The second-order valence-electron chi connectivity index (χ2n) is 5.01. The molecule has 102 valence electrons. The highest BCUT2D eigenvalue weighted by Crippen LogP contribution is 2.16. The van der Waals surface area contributed by atoms with Gasteiger partial charge < -0.3 is 15.2 Å². The lowest BCUT2D eigenvalue weighted by Gasteiger charge is -2.25. The van der Waals surface area contributed by atoms with Gasteiger partial charge in [0.05, 0.1) is 0 Å². The number of aryl methyl sites for hydroxylation is 1. The zero-order valence-electron chi connectivity index (χ0n) is 11.9. The van der Waals surface area contributed by atoms with Crippen molar-refractivity contribution in [3.05, 3.63) is 53.6 Å². The molecule has 1 heterocycles. The lowest BCUT2D eigenvalue weighted by molar-refractivity contribution is 0.288. The number of benzene rings is 1. The largest absolute Gasteiger partial charge is 0.345 e. The first-order valence-corrected chi connectivity index (χ1v) is 6.59. The van der Waals surface area contributed by atoms with Crippen molar-refractivity contribution in [2.45, 2.75) is 19.5 Å². The second kappa shape index (κ2) is 6.50. The lowest BCUT2D eigenvalue weighted by Crippen LogP contribution is -2.30. The molecule has 1 atom stereocenters. The van der Waals surface area contributed by atoms with E-state index in [1.54, 1.807) is 0 Å². The number of H-pyrrole nitrogens is 1. The van der Waals surface area contributed by atoms with Gasteiger partial charge >= 0.3 is 0 Å². The molecule has 19 heavy (non-hydrogen) atoms. The Kier molecular flexibility index (Phi) is 4.71. The maximum atomic E-state index is 4.20. The van der Waals surface area contributed by atoms with Crippen LogP contribution in [0.2, 0.25) is 0 Å². The monoisotopic (exact) mass is 258 g/mol. The smallest absolute Gasteiger partial charge is 0.103 e. The average Bonchev–Trinajstić information content (AvgIpc) is 2.81. The summed E-state index contributed by atoms with van der Waals surface area (Å²) in [5, 5.41) is 3.48. The van der Waals surface area contributed by atoms with E-state index in [1.165, 1.54) is 5.56 Å². The first-order chi connectivity index (χ1) is 9.16. The molecule has 1 aromatic heterocycles. The normalized spacial score (nSPS) is 12.8. The highest BCUT2D eigenvalue weighted by molar-refractivity contribution is 5.19. The van der Waals surface area contributed by atoms with Crippen molar-refractivity contribution in [3.63, 3.8) is 0 Å². The summed E-state index contributed by atoms with van der Waals surface area (Å²) in [5.41, 5.74) is 2.46. The number of hydrogen-bond acceptors (Lipinski definition) is 3. The van der Waals surface area contributed by atoms with Gasteiger partial charge in [-0.15, -0.1) is 0 Å². The molecule has 0 saturated heterocycles. The Hall–Kier alpha value is -1.65. The summed E-state index contributed by atoms with van der Waals surface area (Å²) in [6.45, 7) is 3.70. The van der Waals surface area contributed by atoms with Crippen molar-refractivity contribution < 1.29 is 0 Å². The quantitative estimate of drug-likeness (QED) is 0.834. The van der Waals surface area contributed by atoms with E-state index in [1.807, 2.05) is 13.1 Å². The van der Waals surface area contributed by atoms with Crippen molar-refractivity contribution in [2.75, 3.05) is 20.6 Å². The Morgan fingerprint density at radius 2 is 2.00 bits per heavy atom. The predicted octanol–water partition coefficient (Wildman–Crippen LogP) is 2.11. The Labute approximate surface area is 114 Å². The molecule has 0 aliphatic heterocycles. The van der Waals surface area contributed by atoms with Gasteiger partial charge in [-0.25, -0.2) is 4.98 Å².